The molecule has 14 heavy (non-hydrogen) atoms. The molecule has 0 amide bonds. The minimum atomic E-state index is 0.0504. The van der Waals surface area contributed by atoms with Crippen molar-refractivity contribution in [2.24, 2.45) is 0 Å². The fourth-order valence-electron chi connectivity index (χ4n) is 1.07. The number of hydrogen-bond donors (Lipinski definition) is 1. The highest BCUT2D eigenvalue weighted by molar-refractivity contribution is 6.40. The molecule has 0 atom stereocenters. The van der Waals surface area contributed by atoms with E-state index < -0.39 is 0 Å². The molecule has 0 saturated carbocycles. The molecule has 4 heteroatoms. The third-order valence-corrected chi connectivity index (χ3v) is 2.25. The summed E-state index contributed by atoms with van der Waals surface area (Å²) in [6.07, 6.45) is 0. The second-order valence-electron chi connectivity index (χ2n) is 4.11. The van der Waals surface area contributed by atoms with Crippen LogP contribution in [-0.4, -0.2) is 34.7 Å². The topological polar surface area (TPSA) is 21.3 Å². The molecule has 2 nitrogen and oxygen atoms in total. The van der Waals surface area contributed by atoms with Crippen molar-refractivity contribution in [2.75, 3.05) is 13.7 Å². The van der Waals surface area contributed by atoms with Crippen LogP contribution in [0.5, 0.6) is 0 Å². The maximum atomic E-state index is 5.61. The number of nitrogens with one attached hydrogen (secondary N) is 1. The summed E-state index contributed by atoms with van der Waals surface area (Å²) in [6, 6.07) is 10.2. The minimum absolute atomic E-state index is 0.0504. The lowest BCUT2D eigenvalue weighted by Crippen LogP contribution is -2.48. The van der Waals surface area contributed by atoms with Crippen molar-refractivity contribution in [3.8, 4) is 0 Å². The molecule has 1 rings (SSSR count). The Labute approximate surface area is 87.9 Å². The first-order chi connectivity index (χ1) is 6.64. The second kappa shape index (κ2) is 5.23. The predicted molar refractivity (Wildman–Crippen MR) is 65.0 cm³/mol. The average Bonchev–Trinajstić information content (AvgIpc) is 2.19. The zero-order valence-corrected chi connectivity index (χ0v) is 9.21. The molecule has 0 saturated heterocycles. The number of benzene rings is 1. The van der Waals surface area contributed by atoms with Gasteiger partial charge in [-0.1, -0.05) is 30.3 Å². The molecule has 0 aliphatic heterocycles. The fraction of sp³-hybridized carbons (Fsp3) is 0.400. The summed E-state index contributed by atoms with van der Waals surface area (Å²) in [7, 11) is 6.20. The van der Waals surface area contributed by atoms with E-state index in [1.807, 2.05) is 25.2 Å². The second-order valence-corrected chi connectivity index (χ2v) is 4.11. The van der Waals surface area contributed by atoms with E-state index in [-0.39, 0.29) is 5.34 Å². The Morgan fingerprint density at radius 1 is 1.29 bits per heavy atom. The van der Waals surface area contributed by atoms with Gasteiger partial charge in [-0.2, -0.15) is 0 Å². The van der Waals surface area contributed by atoms with Crippen molar-refractivity contribution in [3.05, 3.63) is 35.9 Å². The lowest BCUT2D eigenvalue weighted by Gasteiger charge is -2.23. The molecular formula is C10H17B2NO. The molecule has 0 aromatic heterocycles. The molecule has 0 bridgehead atoms. The zero-order chi connectivity index (χ0) is 10.4. The standard InChI is InChI=1S/C10H17B2NO/c1-13-10(11,12)8-14-7-9-5-3-2-4-6-9/h2-6,13H,7-8,11-12H2,1H3. The molecule has 0 aliphatic carbocycles. The molecule has 0 spiro atoms. The van der Waals surface area contributed by atoms with Crippen molar-refractivity contribution in [1.29, 1.82) is 0 Å². The van der Waals surface area contributed by atoms with E-state index in [9.17, 15) is 0 Å². The highest BCUT2D eigenvalue weighted by Crippen LogP contribution is 2.02. The summed E-state index contributed by atoms with van der Waals surface area (Å²) in [4.78, 5) is 0. The maximum absolute atomic E-state index is 5.61. The summed E-state index contributed by atoms with van der Waals surface area (Å²) in [5.74, 6) is 0. The fourth-order valence-corrected chi connectivity index (χ4v) is 1.07. The predicted octanol–water partition coefficient (Wildman–Crippen LogP) is -0.657. The number of rotatable bonds is 5. The molecular weight excluding hydrogens is 172 g/mol. The van der Waals surface area contributed by atoms with Crippen molar-refractivity contribution in [3.63, 3.8) is 0 Å². The van der Waals surface area contributed by atoms with Gasteiger partial charge in [0.1, 0.15) is 15.7 Å². The Morgan fingerprint density at radius 2 is 1.93 bits per heavy atom. The van der Waals surface area contributed by atoms with E-state index >= 15 is 0 Å². The van der Waals surface area contributed by atoms with Crippen LogP contribution < -0.4 is 5.32 Å². The zero-order valence-electron chi connectivity index (χ0n) is 9.21. The Morgan fingerprint density at radius 3 is 2.50 bits per heavy atom. The summed E-state index contributed by atoms with van der Waals surface area (Å²) < 4.78 is 5.61. The quantitative estimate of drug-likeness (QED) is 0.621. The first kappa shape index (κ1) is 11.3. The number of ether oxygens (including phenoxy) is 1. The van der Waals surface area contributed by atoms with Crippen molar-refractivity contribution < 1.29 is 4.74 Å². The minimum Gasteiger partial charge on any atom is -0.376 e. The highest BCUT2D eigenvalue weighted by atomic mass is 16.5. The van der Waals surface area contributed by atoms with Crippen LogP contribution >= 0.6 is 0 Å². The molecule has 0 fully saturated rings. The van der Waals surface area contributed by atoms with Gasteiger partial charge >= 0.3 is 0 Å². The Kier molecular flexibility index (Phi) is 4.23. The van der Waals surface area contributed by atoms with E-state index in [1.165, 1.54) is 5.56 Å². The van der Waals surface area contributed by atoms with E-state index in [4.69, 9.17) is 4.74 Å². The van der Waals surface area contributed by atoms with E-state index in [0.29, 0.717) is 6.61 Å². The average molecular weight is 189 g/mol. The van der Waals surface area contributed by atoms with E-state index in [0.717, 1.165) is 6.61 Å². The van der Waals surface area contributed by atoms with Gasteiger partial charge < -0.3 is 10.1 Å². The Hall–Kier alpha value is -0.730. The molecule has 0 radical (unpaired) electrons. The van der Waals surface area contributed by atoms with Crippen LogP contribution in [0.15, 0.2) is 30.3 Å². The normalized spacial score (nSPS) is 11.5. The molecule has 0 aliphatic rings. The Balaban J connectivity index is 2.29. The third kappa shape index (κ3) is 3.99. The van der Waals surface area contributed by atoms with E-state index in [1.54, 1.807) is 0 Å². The van der Waals surface area contributed by atoms with Gasteiger partial charge in [-0.3, -0.25) is 0 Å². The van der Waals surface area contributed by atoms with Crippen LogP contribution in [0.1, 0.15) is 5.56 Å². The summed E-state index contributed by atoms with van der Waals surface area (Å²) in [5, 5.41) is 3.25. The summed E-state index contributed by atoms with van der Waals surface area (Å²) in [5.41, 5.74) is 1.22. The van der Waals surface area contributed by atoms with Gasteiger partial charge in [0.2, 0.25) is 0 Å². The smallest absolute Gasteiger partial charge is 0.119 e. The molecule has 1 N–H and O–H groups in total. The van der Waals surface area contributed by atoms with Gasteiger partial charge in [-0.25, -0.2) is 0 Å². The molecule has 0 heterocycles. The summed E-state index contributed by atoms with van der Waals surface area (Å²) in [6.45, 7) is 1.41. The van der Waals surface area contributed by atoms with Gasteiger partial charge in [0.15, 0.2) is 0 Å². The maximum Gasteiger partial charge on any atom is 0.119 e. The molecule has 0 unspecified atom stereocenters. The van der Waals surface area contributed by atoms with Crippen LogP contribution in [0.3, 0.4) is 0 Å². The van der Waals surface area contributed by atoms with Crippen LogP contribution in [0.4, 0.5) is 0 Å². The first-order valence-corrected chi connectivity index (χ1v) is 4.95. The van der Waals surface area contributed by atoms with Crippen LogP contribution in [0.2, 0.25) is 0 Å². The van der Waals surface area contributed by atoms with Crippen molar-refractivity contribution >= 4 is 15.7 Å². The molecule has 1 aromatic carbocycles. The van der Waals surface area contributed by atoms with Gasteiger partial charge in [0.25, 0.3) is 0 Å². The lowest BCUT2D eigenvalue weighted by molar-refractivity contribution is 0.108. The monoisotopic (exact) mass is 189 g/mol. The van der Waals surface area contributed by atoms with Gasteiger partial charge in [-0.05, 0) is 17.9 Å². The third-order valence-electron chi connectivity index (χ3n) is 2.25. The van der Waals surface area contributed by atoms with Gasteiger partial charge in [0.05, 0.1) is 13.2 Å². The van der Waals surface area contributed by atoms with Crippen LogP contribution in [0.25, 0.3) is 0 Å². The van der Waals surface area contributed by atoms with Gasteiger partial charge in [-0.15, -0.1) is 0 Å². The van der Waals surface area contributed by atoms with Crippen molar-refractivity contribution in [2.45, 2.75) is 11.9 Å². The highest BCUT2D eigenvalue weighted by Gasteiger charge is 2.14. The Bertz CT molecular complexity index is 264. The summed E-state index contributed by atoms with van der Waals surface area (Å²) >= 11 is 0. The van der Waals surface area contributed by atoms with Crippen LogP contribution in [0, 0.1) is 0 Å². The largest absolute Gasteiger partial charge is 0.376 e. The molecule has 1 aromatic rings. The molecule has 74 valence electrons. The van der Waals surface area contributed by atoms with E-state index in [2.05, 4.69) is 33.1 Å². The SMILES string of the molecule is BC(B)(COCc1ccccc1)NC. The van der Waals surface area contributed by atoms with Crippen molar-refractivity contribution in [1.82, 2.24) is 5.32 Å². The number of hydrogen-bond acceptors (Lipinski definition) is 2. The van der Waals surface area contributed by atoms with Gasteiger partial charge in [0, 0.05) is 0 Å². The first-order valence-electron chi connectivity index (χ1n) is 4.95. The number of likely N-dealkylation sites (N-methyl/N-ethyl adjacent to an activating group) is 1. The van der Waals surface area contributed by atoms with Crippen LogP contribution in [-0.2, 0) is 11.3 Å². The lowest BCUT2D eigenvalue weighted by atomic mass is 9.63.